The monoisotopic (exact) mass is 337 g/mol. The summed E-state index contributed by atoms with van der Waals surface area (Å²) in [5.74, 6) is -0.792. The van der Waals surface area contributed by atoms with Gasteiger partial charge in [-0.2, -0.15) is 0 Å². The quantitative estimate of drug-likeness (QED) is 0.777. The van der Waals surface area contributed by atoms with Gasteiger partial charge in [0.15, 0.2) is 0 Å². The molecular formula is C22H27NO2. The lowest BCUT2D eigenvalue weighted by Crippen LogP contribution is -2.37. The molecule has 3 rings (SSSR count). The van der Waals surface area contributed by atoms with Crippen molar-refractivity contribution in [2.45, 2.75) is 50.6 Å². The maximum absolute atomic E-state index is 11.1. The van der Waals surface area contributed by atoms with Crippen molar-refractivity contribution in [3.63, 3.8) is 0 Å². The summed E-state index contributed by atoms with van der Waals surface area (Å²) in [5.41, 5.74) is 2.68. The fourth-order valence-electron chi connectivity index (χ4n) is 3.78. The van der Waals surface area contributed by atoms with Crippen molar-refractivity contribution in [1.82, 2.24) is 5.32 Å². The van der Waals surface area contributed by atoms with E-state index >= 15 is 0 Å². The maximum atomic E-state index is 11.1. The molecule has 0 aromatic heterocycles. The van der Waals surface area contributed by atoms with E-state index in [2.05, 4.69) is 66.0 Å². The first-order valence-electron chi connectivity index (χ1n) is 9.30. The molecule has 1 saturated carbocycles. The van der Waals surface area contributed by atoms with Crippen LogP contribution in [-0.4, -0.2) is 17.1 Å². The molecule has 1 fully saturated rings. The van der Waals surface area contributed by atoms with Crippen LogP contribution in [0.25, 0.3) is 0 Å². The topological polar surface area (TPSA) is 49.3 Å². The summed E-state index contributed by atoms with van der Waals surface area (Å²) in [6.45, 7) is 0. The zero-order valence-electron chi connectivity index (χ0n) is 14.6. The molecule has 0 radical (unpaired) electrons. The number of hydrogen-bond acceptors (Lipinski definition) is 2. The van der Waals surface area contributed by atoms with Gasteiger partial charge in [-0.1, -0.05) is 60.7 Å². The molecule has 0 saturated heterocycles. The number of benzene rings is 2. The molecule has 1 aliphatic rings. The van der Waals surface area contributed by atoms with Gasteiger partial charge in [-0.25, -0.2) is 0 Å². The largest absolute Gasteiger partial charge is 0.481 e. The van der Waals surface area contributed by atoms with E-state index < -0.39 is 5.97 Å². The summed E-state index contributed by atoms with van der Waals surface area (Å²) in [6, 6.07) is 21.9. The van der Waals surface area contributed by atoms with E-state index in [0.717, 1.165) is 38.5 Å². The number of aryl methyl sites for hydroxylation is 1. The van der Waals surface area contributed by atoms with E-state index in [0.29, 0.717) is 12.1 Å². The van der Waals surface area contributed by atoms with Gasteiger partial charge in [-0.15, -0.1) is 0 Å². The Morgan fingerprint density at radius 3 is 2.16 bits per heavy atom. The zero-order chi connectivity index (χ0) is 17.5. The Morgan fingerprint density at radius 2 is 1.56 bits per heavy atom. The highest BCUT2D eigenvalue weighted by atomic mass is 16.4. The first-order valence-corrected chi connectivity index (χ1v) is 9.30. The maximum Gasteiger partial charge on any atom is 0.306 e. The molecular weight excluding hydrogens is 310 g/mol. The van der Waals surface area contributed by atoms with Crippen LogP contribution in [0.2, 0.25) is 0 Å². The molecule has 0 spiro atoms. The van der Waals surface area contributed by atoms with Gasteiger partial charge in [-0.3, -0.25) is 4.79 Å². The van der Waals surface area contributed by atoms with E-state index in [1.807, 2.05) is 0 Å². The highest BCUT2D eigenvalue weighted by Crippen LogP contribution is 2.28. The van der Waals surface area contributed by atoms with E-state index in [9.17, 15) is 9.90 Å². The van der Waals surface area contributed by atoms with Crippen molar-refractivity contribution in [2.24, 2.45) is 5.92 Å². The molecule has 2 aromatic carbocycles. The Morgan fingerprint density at radius 1 is 0.960 bits per heavy atom. The SMILES string of the molecule is O=C(O)C1CCC(NC(CCc2ccccc2)c2ccccc2)CC1. The van der Waals surface area contributed by atoms with E-state index in [1.165, 1.54) is 11.1 Å². The summed E-state index contributed by atoms with van der Waals surface area (Å²) in [7, 11) is 0. The third-order valence-electron chi connectivity index (χ3n) is 5.28. The van der Waals surface area contributed by atoms with Crippen molar-refractivity contribution in [3.8, 4) is 0 Å². The molecule has 3 nitrogen and oxygen atoms in total. The van der Waals surface area contributed by atoms with Crippen LogP contribution in [0.3, 0.4) is 0 Å². The third-order valence-corrected chi connectivity index (χ3v) is 5.28. The number of carbonyl (C=O) groups is 1. The van der Waals surface area contributed by atoms with Crippen molar-refractivity contribution in [2.75, 3.05) is 0 Å². The molecule has 1 unspecified atom stereocenters. The number of carboxylic acids is 1. The average molecular weight is 337 g/mol. The first-order chi connectivity index (χ1) is 12.2. The summed E-state index contributed by atoms with van der Waals surface area (Å²) in [4.78, 5) is 11.1. The fourth-order valence-corrected chi connectivity index (χ4v) is 3.78. The predicted octanol–water partition coefficient (Wildman–Crippen LogP) is 4.59. The van der Waals surface area contributed by atoms with Crippen LogP contribution in [0.1, 0.15) is 49.3 Å². The molecule has 0 aliphatic heterocycles. The Kier molecular flexibility index (Phi) is 6.24. The first kappa shape index (κ1) is 17.7. The van der Waals surface area contributed by atoms with Gasteiger partial charge in [0.2, 0.25) is 0 Å². The molecule has 1 aliphatic carbocycles. The van der Waals surface area contributed by atoms with Gasteiger partial charge in [0.25, 0.3) is 0 Å². The highest BCUT2D eigenvalue weighted by molar-refractivity contribution is 5.70. The lowest BCUT2D eigenvalue weighted by atomic mass is 9.85. The van der Waals surface area contributed by atoms with Crippen LogP contribution >= 0.6 is 0 Å². The second-order valence-electron chi connectivity index (χ2n) is 7.04. The lowest BCUT2D eigenvalue weighted by Gasteiger charge is -2.31. The highest BCUT2D eigenvalue weighted by Gasteiger charge is 2.27. The molecule has 0 heterocycles. The summed E-state index contributed by atoms with van der Waals surface area (Å²) in [5, 5.41) is 13.0. The molecule has 1 atom stereocenters. The molecule has 2 aromatic rings. The minimum Gasteiger partial charge on any atom is -0.481 e. The lowest BCUT2D eigenvalue weighted by molar-refractivity contribution is -0.142. The molecule has 0 amide bonds. The van der Waals surface area contributed by atoms with Gasteiger partial charge in [0.1, 0.15) is 0 Å². The average Bonchev–Trinajstić information content (AvgIpc) is 2.67. The summed E-state index contributed by atoms with van der Waals surface area (Å²) >= 11 is 0. The number of carboxylic acid groups (broad SMARTS) is 1. The van der Waals surface area contributed by atoms with Crippen molar-refractivity contribution >= 4 is 5.97 Å². The summed E-state index contributed by atoms with van der Waals surface area (Å²) in [6.07, 6.45) is 5.56. The van der Waals surface area contributed by atoms with E-state index in [1.54, 1.807) is 0 Å². The standard InChI is InChI=1S/C22H27NO2/c24-22(25)19-12-14-20(15-13-19)23-21(18-9-5-2-6-10-18)16-11-17-7-3-1-4-8-17/h1-10,19-21,23H,11-16H2,(H,24,25). The number of rotatable bonds is 7. The van der Waals surface area contributed by atoms with Crippen molar-refractivity contribution in [3.05, 3.63) is 71.8 Å². The van der Waals surface area contributed by atoms with E-state index in [4.69, 9.17) is 0 Å². The van der Waals surface area contributed by atoms with Crippen molar-refractivity contribution < 1.29 is 9.90 Å². The Labute approximate surface area is 150 Å². The Bertz CT molecular complexity index is 648. The number of aliphatic carboxylic acids is 1. The van der Waals surface area contributed by atoms with Crippen molar-refractivity contribution in [1.29, 1.82) is 0 Å². The van der Waals surface area contributed by atoms with Crippen LogP contribution in [0.4, 0.5) is 0 Å². The van der Waals surface area contributed by atoms with Crippen LogP contribution in [0.5, 0.6) is 0 Å². The van der Waals surface area contributed by atoms with Gasteiger partial charge in [-0.05, 0) is 49.7 Å². The predicted molar refractivity (Wildman–Crippen MR) is 100 cm³/mol. The smallest absolute Gasteiger partial charge is 0.306 e. The minimum atomic E-state index is -0.637. The van der Waals surface area contributed by atoms with Gasteiger partial charge >= 0.3 is 5.97 Å². The second kappa shape index (κ2) is 8.82. The minimum absolute atomic E-state index is 0.155. The number of nitrogens with one attached hydrogen (secondary N) is 1. The fraction of sp³-hybridized carbons (Fsp3) is 0.409. The molecule has 132 valence electrons. The van der Waals surface area contributed by atoms with Crippen LogP contribution in [-0.2, 0) is 11.2 Å². The van der Waals surface area contributed by atoms with Gasteiger partial charge in [0, 0.05) is 12.1 Å². The molecule has 25 heavy (non-hydrogen) atoms. The normalized spacial score (nSPS) is 21.6. The zero-order valence-corrected chi connectivity index (χ0v) is 14.6. The van der Waals surface area contributed by atoms with Gasteiger partial charge in [0.05, 0.1) is 5.92 Å². The summed E-state index contributed by atoms with van der Waals surface area (Å²) < 4.78 is 0. The Hall–Kier alpha value is -2.13. The third kappa shape index (κ3) is 5.17. The van der Waals surface area contributed by atoms with Gasteiger partial charge < -0.3 is 10.4 Å². The Balaban J connectivity index is 1.62. The van der Waals surface area contributed by atoms with E-state index in [-0.39, 0.29) is 5.92 Å². The number of hydrogen-bond donors (Lipinski definition) is 2. The van der Waals surface area contributed by atoms with Crippen LogP contribution < -0.4 is 5.32 Å². The molecule has 2 N–H and O–H groups in total. The molecule has 0 bridgehead atoms. The molecule has 3 heteroatoms. The van der Waals surface area contributed by atoms with Crippen LogP contribution in [0.15, 0.2) is 60.7 Å². The second-order valence-corrected chi connectivity index (χ2v) is 7.04. The van der Waals surface area contributed by atoms with Crippen LogP contribution in [0, 0.1) is 5.92 Å².